The van der Waals surface area contributed by atoms with E-state index in [1.165, 1.54) is 0 Å². The Labute approximate surface area is 109 Å². The van der Waals surface area contributed by atoms with Crippen LogP contribution in [0.15, 0.2) is 22.7 Å². The molecule has 0 radical (unpaired) electrons. The number of hydrogen-bond donors (Lipinski definition) is 1. The van der Waals surface area contributed by atoms with E-state index in [1.54, 1.807) is 18.2 Å². The number of aromatic carboxylic acids is 1. The molecule has 1 N–H and O–H groups in total. The lowest BCUT2D eigenvalue weighted by atomic mass is 10.2. The van der Waals surface area contributed by atoms with Crippen molar-refractivity contribution in [2.75, 3.05) is 27.2 Å². The first-order valence-corrected chi connectivity index (χ1v) is 6.11. The number of benzene rings is 1. The van der Waals surface area contributed by atoms with Gasteiger partial charge in [-0.05, 0) is 48.6 Å². The van der Waals surface area contributed by atoms with Gasteiger partial charge in [-0.3, -0.25) is 0 Å². The molecule has 1 aromatic rings. The molecule has 1 aromatic carbocycles. The van der Waals surface area contributed by atoms with Crippen molar-refractivity contribution in [3.8, 4) is 5.75 Å². The second-order valence-corrected chi connectivity index (χ2v) is 4.78. The minimum atomic E-state index is -0.986. The van der Waals surface area contributed by atoms with Gasteiger partial charge in [0.2, 0.25) is 0 Å². The molecule has 0 fully saturated rings. The monoisotopic (exact) mass is 301 g/mol. The molecule has 0 spiro atoms. The van der Waals surface area contributed by atoms with Crippen LogP contribution < -0.4 is 4.74 Å². The largest absolute Gasteiger partial charge is 0.493 e. The first kappa shape index (κ1) is 14.0. The summed E-state index contributed by atoms with van der Waals surface area (Å²) in [5.41, 5.74) is 0.178. The van der Waals surface area contributed by atoms with Gasteiger partial charge in [-0.25, -0.2) is 4.79 Å². The first-order chi connectivity index (χ1) is 8.02. The van der Waals surface area contributed by atoms with E-state index in [0.717, 1.165) is 13.0 Å². The lowest BCUT2D eigenvalue weighted by molar-refractivity contribution is 0.0691. The Hall–Kier alpha value is -1.07. The van der Waals surface area contributed by atoms with Gasteiger partial charge in [0, 0.05) is 11.0 Å². The molecule has 4 nitrogen and oxygen atoms in total. The van der Waals surface area contributed by atoms with E-state index in [-0.39, 0.29) is 5.56 Å². The number of carboxylic acids is 1. The van der Waals surface area contributed by atoms with Gasteiger partial charge in [0.15, 0.2) is 0 Å². The van der Waals surface area contributed by atoms with Crippen molar-refractivity contribution in [1.82, 2.24) is 4.90 Å². The highest BCUT2D eigenvalue weighted by Crippen LogP contribution is 2.26. The SMILES string of the molecule is CN(C)CCCOc1cccc(Br)c1C(=O)O. The molecule has 17 heavy (non-hydrogen) atoms. The molecule has 0 aliphatic carbocycles. The Kier molecular flexibility index (Phi) is 5.44. The van der Waals surface area contributed by atoms with Gasteiger partial charge in [0.1, 0.15) is 11.3 Å². The van der Waals surface area contributed by atoms with Gasteiger partial charge < -0.3 is 14.7 Å². The number of nitrogens with zero attached hydrogens (tertiary/aromatic N) is 1. The summed E-state index contributed by atoms with van der Waals surface area (Å²) in [6.45, 7) is 1.42. The van der Waals surface area contributed by atoms with Crippen LogP contribution in [0.2, 0.25) is 0 Å². The van der Waals surface area contributed by atoms with Crippen molar-refractivity contribution >= 4 is 21.9 Å². The zero-order chi connectivity index (χ0) is 12.8. The maximum absolute atomic E-state index is 11.1. The number of hydrogen-bond acceptors (Lipinski definition) is 3. The molecule has 0 atom stereocenters. The predicted octanol–water partition coefficient (Wildman–Crippen LogP) is 2.48. The number of carbonyl (C=O) groups is 1. The maximum Gasteiger partial charge on any atom is 0.340 e. The molecule has 0 amide bonds. The van der Waals surface area contributed by atoms with Gasteiger partial charge in [-0.2, -0.15) is 0 Å². The standard InChI is InChI=1S/C12H16BrNO3/c1-14(2)7-4-8-17-10-6-3-5-9(13)11(10)12(15)16/h3,5-6H,4,7-8H2,1-2H3,(H,15,16). The predicted molar refractivity (Wildman–Crippen MR) is 69.8 cm³/mol. The van der Waals surface area contributed by atoms with Crippen LogP contribution in [0, 0.1) is 0 Å². The summed E-state index contributed by atoms with van der Waals surface area (Å²) in [4.78, 5) is 13.1. The zero-order valence-electron chi connectivity index (χ0n) is 9.94. The van der Waals surface area contributed by atoms with Crippen molar-refractivity contribution in [1.29, 1.82) is 0 Å². The van der Waals surface area contributed by atoms with E-state index in [1.807, 2.05) is 14.1 Å². The van der Waals surface area contributed by atoms with Crippen molar-refractivity contribution in [2.45, 2.75) is 6.42 Å². The lowest BCUT2D eigenvalue weighted by Gasteiger charge is -2.12. The molecule has 0 bridgehead atoms. The molecule has 94 valence electrons. The van der Waals surface area contributed by atoms with Crippen LogP contribution in [0.4, 0.5) is 0 Å². The zero-order valence-corrected chi connectivity index (χ0v) is 11.5. The molecular formula is C12H16BrNO3. The van der Waals surface area contributed by atoms with Crippen molar-refractivity contribution in [3.63, 3.8) is 0 Å². The quantitative estimate of drug-likeness (QED) is 0.820. The van der Waals surface area contributed by atoms with E-state index in [0.29, 0.717) is 16.8 Å². The lowest BCUT2D eigenvalue weighted by Crippen LogP contribution is -2.16. The molecule has 0 aliphatic rings. The van der Waals surface area contributed by atoms with Gasteiger partial charge in [-0.1, -0.05) is 6.07 Å². The van der Waals surface area contributed by atoms with E-state index in [9.17, 15) is 4.79 Å². The van der Waals surface area contributed by atoms with E-state index >= 15 is 0 Å². The van der Waals surface area contributed by atoms with Crippen LogP contribution in [-0.4, -0.2) is 43.2 Å². The fourth-order valence-electron chi connectivity index (χ4n) is 1.40. The van der Waals surface area contributed by atoms with Crippen LogP contribution in [0.25, 0.3) is 0 Å². The first-order valence-electron chi connectivity index (χ1n) is 5.31. The molecule has 1 rings (SSSR count). The van der Waals surface area contributed by atoms with Crippen molar-refractivity contribution < 1.29 is 14.6 Å². The highest BCUT2D eigenvalue weighted by atomic mass is 79.9. The summed E-state index contributed by atoms with van der Waals surface area (Å²) in [6.07, 6.45) is 0.860. The Morgan fingerprint density at radius 3 is 2.76 bits per heavy atom. The summed E-state index contributed by atoms with van der Waals surface area (Å²) in [5.74, 6) is -0.578. The number of rotatable bonds is 6. The van der Waals surface area contributed by atoms with Crippen LogP contribution >= 0.6 is 15.9 Å². The number of carboxylic acid groups (broad SMARTS) is 1. The number of ether oxygens (including phenoxy) is 1. The van der Waals surface area contributed by atoms with Crippen LogP contribution in [0.1, 0.15) is 16.8 Å². The van der Waals surface area contributed by atoms with Gasteiger partial charge >= 0.3 is 5.97 Å². The Morgan fingerprint density at radius 2 is 2.18 bits per heavy atom. The third-order valence-corrected chi connectivity index (χ3v) is 2.86. The molecule has 0 unspecified atom stereocenters. The second-order valence-electron chi connectivity index (χ2n) is 3.92. The smallest absolute Gasteiger partial charge is 0.340 e. The third-order valence-electron chi connectivity index (χ3n) is 2.20. The van der Waals surface area contributed by atoms with E-state index < -0.39 is 5.97 Å². The van der Waals surface area contributed by atoms with Crippen molar-refractivity contribution in [2.24, 2.45) is 0 Å². The summed E-state index contributed by atoms with van der Waals surface area (Å²) in [5, 5.41) is 9.07. The van der Waals surface area contributed by atoms with Gasteiger partial charge in [0.25, 0.3) is 0 Å². The third kappa shape index (κ3) is 4.36. The van der Waals surface area contributed by atoms with E-state index in [4.69, 9.17) is 9.84 Å². The fourth-order valence-corrected chi connectivity index (χ4v) is 1.91. The highest BCUT2D eigenvalue weighted by Gasteiger charge is 2.14. The maximum atomic E-state index is 11.1. The summed E-state index contributed by atoms with van der Waals surface area (Å²) in [6, 6.07) is 5.12. The van der Waals surface area contributed by atoms with Gasteiger partial charge in [0.05, 0.1) is 6.61 Å². The Bertz CT molecular complexity index is 393. The average molecular weight is 302 g/mol. The van der Waals surface area contributed by atoms with Crippen LogP contribution in [-0.2, 0) is 0 Å². The van der Waals surface area contributed by atoms with Crippen LogP contribution in [0.5, 0.6) is 5.75 Å². The molecule has 0 saturated carbocycles. The topological polar surface area (TPSA) is 49.8 Å². The molecule has 0 aromatic heterocycles. The van der Waals surface area contributed by atoms with Gasteiger partial charge in [-0.15, -0.1) is 0 Å². The van der Waals surface area contributed by atoms with Crippen molar-refractivity contribution in [3.05, 3.63) is 28.2 Å². The molecule has 0 aliphatic heterocycles. The second kappa shape index (κ2) is 6.61. The normalized spacial score (nSPS) is 10.6. The minimum Gasteiger partial charge on any atom is -0.493 e. The molecule has 0 saturated heterocycles. The van der Waals surface area contributed by atoms with E-state index in [2.05, 4.69) is 20.8 Å². The minimum absolute atomic E-state index is 0.178. The summed E-state index contributed by atoms with van der Waals surface area (Å²) in [7, 11) is 3.98. The molecule has 5 heteroatoms. The summed E-state index contributed by atoms with van der Waals surface area (Å²) < 4.78 is 6.03. The summed E-state index contributed by atoms with van der Waals surface area (Å²) >= 11 is 3.21. The molecular weight excluding hydrogens is 286 g/mol. The fraction of sp³-hybridized carbons (Fsp3) is 0.417. The Balaban J connectivity index is 2.64. The average Bonchev–Trinajstić information content (AvgIpc) is 2.23. The van der Waals surface area contributed by atoms with Crippen LogP contribution in [0.3, 0.4) is 0 Å². The molecule has 0 heterocycles. The highest BCUT2D eigenvalue weighted by molar-refractivity contribution is 9.10. The number of halogens is 1. The Morgan fingerprint density at radius 1 is 1.47 bits per heavy atom.